The number of thiazole rings is 1. The number of hydrogen-bond acceptors (Lipinski definition) is 5. The lowest BCUT2D eigenvalue weighted by molar-refractivity contribution is 0.0706. The highest BCUT2D eigenvalue weighted by atomic mass is 35.5. The summed E-state index contributed by atoms with van der Waals surface area (Å²) in [5.41, 5.74) is 5.88. The number of hydroxylamine groups is 1. The summed E-state index contributed by atoms with van der Waals surface area (Å²) in [5.74, 6) is -0.562. The van der Waals surface area contributed by atoms with Gasteiger partial charge in [0.2, 0.25) is 0 Å². The molecule has 138 valence electrons. The lowest BCUT2D eigenvalue weighted by Crippen LogP contribution is -2.31. The van der Waals surface area contributed by atoms with Crippen LogP contribution < -0.4 is 10.4 Å². The van der Waals surface area contributed by atoms with E-state index in [4.69, 9.17) is 33.4 Å². The summed E-state index contributed by atoms with van der Waals surface area (Å²) < 4.78 is 0. The molecule has 0 radical (unpaired) electrons. The molecular weight excluding hydrogens is 405 g/mol. The second kappa shape index (κ2) is 7.48. The Morgan fingerprint density at radius 3 is 2.89 bits per heavy atom. The summed E-state index contributed by atoms with van der Waals surface area (Å²) in [4.78, 5) is 18.6. The van der Waals surface area contributed by atoms with Crippen LogP contribution in [0.2, 0.25) is 10.0 Å². The summed E-state index contributed by atoms with van der Waals surface area (Å²) in [5, 5.41) is 13.0. The van der Waals surface area contributed by atoms with Crippen molar-refractivity contribution >= 4 is 45.6 Å². The molecule has 2 N–H and O–H groups in total. The number of hydrogen-bond donors (Lipinski definition) is 2. The zero-order valence-electron chi connectivity index (χ0n) is 14.1. The third kappa shape index (κ3) is 3.66. The van der Waals surface area contributed by atoms with Crippen LogP contribution in [-0.4, -0.2) is 22.6 Å². The van der Waals surface area contributed by atoms with Crippen LogP contribution in [0.4, 0.5) is 5.13 Å². The first-order chi connectivity index (χ1) is 13.0. The summed E-state index contributed by atoms with van der Waals surface area (Å²) >= 11 is 14.1. The number of benzene rings is 2. The fourth-order valence-electron chi connectivity index (χ4n) is 3.17. The van der Waals surface area contributed by atoms with E-state index in [0.29, 0.717) is 22.2 Å². The molecule has 0 fully saturated rings. The van der Waals surface area contributed by atoms with Gasteiger partial charge >= 0.3 is 0 Å². The molecule has 3 aromatic rings. The van der Waals surface area contributed by atoms with E-state index in [1.54, 1.807) is 28.9 Å². The largest absolute Gasteiger partial charge is 0.343 e. The molecule has 1 aromatic heterocycles. The summed E-state index contributed by atoms with van der Waals surface area (Å²) in [6, 6.07) is 11.0. The number of aromatic nitrogens is 1. The number of rotatable bonds is 3. The Kier molecular flexibility index (Phi) is 5.06. The maximum absolute atomic E-state index is 11.7. The van der Waals surface area contributed by atoms with Gasteiger partial charge in [-0.05, 0) is 41.8 Å². The third-order valence-corrected chi connectivity index (χ3v) is 6.01. The maximum atomic E-state index is 11.7. The first-order valence-electron chi connectivity index (χ1n) is 8.27. The van der Waals surface area contributed by atoms with E-state index in [-0.39, 0.29) is 0 Å². The monoisotopic (exact) mass is 419 g/mol. The van der Waals surface area contributed by atoms with Crippen LogP contribution in [0.3, 0.4) is 0 Å². The Balaban J connectivity index is 1.59. The number of nitrogens with zero attached hydrogens (tertiary/aromatic N) is 2. The maximum Gasteiger partial charge on any atom is 0.274 e. The second-order valence-electron chi connectivity index (χ2n) is 6.23. The van der Waals surface area contributed by atoms with E-state index in [1.807, 2.05) is 29.6 Å². The number of carbonyl (C=O) groups excluding carboxylic acids is 1. The molecule has 27 heavy (non-hydrogen) atoms. The number of anilines is 1. The summed E-state index contributed by atoms with van der Waals surface area (Å²) in [6.07, 6.45) is 0.744. The van der Waals surface area contributed by atoms with Crippen molar-refractivity contribution < 1.29 is 10.0 Å². The highest BCUT2D eigenvalue weighted by Gasteiger charge is 2.23. The van der Waals surface area contributed by atoms with E-state index in [2.05, 4.69) is 4.90 Å². The lowest BCUT2D eigenvalue weighted by atomic mass is 9.97. The minimum Gasteiger partial charge on any atom is -0.343 e. The van der Waals surface area contributed by atoms with Crippen LogP contribution in [0, 0.1) is 0 Å². The van der Waals surface area contributed by atoms with E-state index < -0.39 is 5.91 Å². The number of nitrogens with one attached hydrogen (secondary N) is 1. The first-order valence-corrected chi connectivity index (χ1v) is 9.91. The molecule has 0 aliphatic carbocycles. The fourth-order valence-corrected chi connectivity index (χ4v) is 4.52. The molecule has 5 nitrogen and oxygen atoms in total. The smallest absolute Gasteiger partial charge is 0.274 e. The molecule has 1 aliphatic heterocycles. The molecular formula is C19H15Cl2N3O2S. The highest BCUT2D eigenvalue weighted by molar-refractivity contribution is 7.14. The number of halogens is 2. The van der Waals surface area contributed by atoms with Gasteiger partial charge in [-0.25, -0.2) is 10.5 Å². The van der Waals surface area contributed by atoms with Gasteiger partial charge in [-0.3, -0.25) is 10.0 Å². The van der Waals surface area contributed by atoms with Crippen molar-refractivity contribution in [1.82, 2.24) is 10.5 Å². The predicted octanol–water partition coefficient (Wildman–Crippen LogP) is 4.80. The Morgan fingerprint density at radius 2 is 2.11 bits per heavy atom. The summed E-state index contributed by atoms with van der Waals surface area (Å²) in [7, 11) is 0. The average molecular weight is 420 g/mol. The molecule has 0 saturated heterocycles. The number of amides is 1. The lowest BCUT2D eigenvalue weighted by Gasteiger charge is -2.29. The van der Waals surface area contributed by atoms with Gasteiger partial charge in [0, 0.05) is 39.6 Å². The molecule has 0 saturated carbocycles. The van der Waals surface area contributed by atoms with Gasteiger partial charge in [0.1, 0.15) is 0 Å². The van der Waals surface area contributed by atoms with Gasteiger partial charge in [-0.2, -0.15) is 0 Å². The first kappa shape index (κ1) is 18.3. The van der Waals surface area contributed by atoms with E-state index in [0.717, 1.165) is 40.5 Å². The van der Waals surface area contributed by atoms with Crippen LogP contribution >= 0.6 is 34.5 Å². The van der Waals surface area contributed by atoms with Gasteiger partial charge in [0.05, 0.1) is 5.69 Å². The SMILES string of the molecule is O=C(NO)c1cc(Cl)c2c(c1)CCN(c1nc(-c3cccc(Cl)c3)cs1)C2. The molecule has 2 aromatic carbocycles. The minimum absolute atomic E-state index is 0.354. The van der Waals surface area contributed by atoms with Crippen molar-refractivity contribution in [3.05, 3.63) is 68.5 Å². The topological polar surface area (TPSA) is 65.5 Å². The Hall–Kier alpha value is -2.12. The van der Waals surface area contributed by atoms with Crippen LogP contribution in [0.25, 0.3) is 11.3 Å². The molecule has 1 amide bonds. The van der Waals surface area contributed by atoms with Gasteiger partial charge in [0.25, 0.3) is 5.91 Å². The Labute approximate surface area is 170 Å². The number of fused-ring (bicyclic) bond motifs is 1. The zero-order chi connectivity index (χ0) is 19.0. The van der Waals surface area contributed by atoms with Crippen LogP contribution in [0.15, 0.2) is 41.8 Å². The molecule has 2 heterocycles. The van der Waals surface area contributed by atoms with Gasteiger partial charge in [0.15, 0.2) is 5.13 Å². The van der Waals surface area contributed by atoms with Gasteiger partial charge in [-0.1, -0.05) is 35.3 Å². The highest BCUT2D eigenvalue weighted by Crippen LogP contribution is 2.34. The Morgan fingerprint density at radius 1 is 1.26 bits per heavy atom. The molecule has 0 atom stereocenters. The van der Waals surface area contributed by atoms with Crippen molar-refractivity contribution in [3.8, 4) is 11.3 Å². The molecule has 0 spiro atoms. The normalized spacial score (nSPS) is 13.4. The van der Waals surface area contributed by atoms with Crippen LogP contribution in [0.5, 0.6) is 0 Å². The third-order valence-electron chi connectivity index (χ3n) is 4.53. The van der Waals surface area contributed by atoms with E-state index in [9.17, 15) is 4.79 Å². The second-order valence-corrected chi connectivity index (χ2v) is 7.91. The molecule has 1 aliphatic rings. The zero-order valence-corrected chi connectivity index (χ0v) is 16.4. The van der Waals surface area contributed by atoms with E-state index >= 15 is 0 Å². The van der Waals surface area contributed by atoms with E-state index in [1.165, 1.54) is 0 Å². The van der Waals surface area contributed by atoms with Crippen molar-refractivity contribution in [1.29, 1.82) is 0 Å². The predicted molar refractivity (Wildman–Crippen MR) is 108 cm³/mol. The molecule has 8 heteroatoms. The van der Waals surface area contributed by atoms with Crippen LogP contribution in [-0.2, 0) is 13.0 Å². The molecule has 4 rings (SSSR count). The number of carbonyl (C=O) groups is 1. The van der Waals surface area contributed by atoms with Crippen LogP contribution in [0.1, 0.15) is 21.5 Å². The van der Waals surface area contributed by atoms with Gasteiger partial charge in [-0.15, -0.1) is 11.3 Å². The standard InChI is InChI=1S/C19H15Cl2N3O2S/c20-14-3-1-2-12(7-14)17-10-27-19(22-17)24-5-4-11-6-13(18(25)23-26)8-16(21)15(11)9-24/h1-3,6-8,10,26H,4-5,9H2,(H,23,25). The van der Waals surface area contributed by atoms with Crippen molar-refractivity contribution in [3.63, 3.8) is 0 Å². The van der Waals surface area contributed by atoms with Gasteiger partial charge < -0.3 is 4.90 Å². The summed E-state index contributed by atoms with van der Waals surface area (Å²) in [6.45, 7) is 1.40. The fraction of sp³-hybridized carbons (Fsp3) is 0.158. The minimum atomic E-state index is -0.562. The van der Waals surface area contributed by atoms with Crippen molar-refractivity contribution in [2.45, 2.75) is 13.0 Å². The quantitative estimate of drug-likeness (QED) is 0.472. The Bertz CT molecular complexity index is 1020. The molecule has 0 bridgehead atoms. The average Bonchev–Trinajstić information content (AvgIpc) is 3.17. The van der Waals surface area contributed by atoms with Crippen molar-refractivity contribution in [2.75, 3.05) is 11.4 Å². The molecule has 0 unspecified atom stereocenters. The van der Waals surface area contributed by atoms with Crippen molar-refractivity contribution in [2.24, 2.45) is 0 Å².